The lowest BCUT2D eigenvalue weighted by atomic mass is 10.1. The average molecular weight is 318 g/mol. The minimum absolute atomic E-state index is 0.325. The number of likely N-dealkylation sites (N-methyl/N-ethyl adjacent to an activating group) is 1. The van der Waals surface area contributed by atoms with E-state index in [4.69, 9.17) is 4.74 Å². The highest BCUT2D eigenvalue weighted by atomic mass is 19.1. The molecule has 2 aromatic rings. The lowest BCUT2D eigenvalue weighted by Crippen LogP contribution is -2.53. The largest absolute Gasteiger partial charge is 0.486 e. The van der Waals surface area contributed by atoms with Crippen LogP contribution in [0, 0.1) is 5.82 Å². The molecule has 0 unspecified atom stereocenters. The molecule has 0 bridgehead atoms. The first kappa shape index (κ1) is 15.0. The van der Waals surface area contributed by atoms with Crippen molar-refractivity contribution in [3.05, 3.63) is 42.0 Å². The molecule has 1 aliphatic heterocycles. The third kappa shape index (κ3) is 2.63. The molecule has 23 heavy (non-hydrogen) atoms. The number of nitrogens with zero attached hydrogens (tertiary/aromatic N) is 2. The lowest BCUT2D eigenvalue weighted by molar-refractivity contribution is -0.121. The molecule has 2 amide bonds. The molecular weight excluding hydrogens is 303 g/mol. The summed E-state index contributed by atoms with van der Waals surface area (Å²) >= 11 is 0. The molecule has 3 rings (SSSR count). The Bertz CT molecular complexity index is 761. The van der Waals surface area contributed by atoms with Crippen LogP contribution >= 0.6 is 0 Å². The van der Waals surface area contributed by atoms with Crippen molar-refractivity contribution in [2.45, 2.75) is 19.1 Å². The molecule has 0 radical (unpaired) electrons. The van der Waals surface area contributed by atoms with E-state index in [2.05, 4.69) is 15.5 Å². The van der Waals surface area contributed by atoms with Gasteiger partial charge in [-0.15, -0.1) is 0 Å². The van der Waals surface area contributed by atoms with Crippen LogP contribution < -0.4 is 15.0 Å². The van der Waals surface area contributed by atoms with E-state index in [9.17, 15) is 14.0 Å². The number of H-pyrrole nitrogens is 1. The quantitative estimate of drug-likeness (QED) is 0.868. The van der Waals surface area contributed by atoms with Crippen LogP contribution in [0.1, 0.15) is 17.4 Å². The van der Waals surface area contributed by atoms with Gasteiger partial charge in [-0.1, -0.05) is 12.1 Å². The van der Waals surface area contributed by atoms with Crippen molar-refractivity contribution < 1.29 is 18.7 Å². The Morgan fingerprint density at radius 3 is 2.87 bits per heavy atom. The van der Waals surface area contributed by atoms with Crippen molar-refractivity contribution in [1.82, 2.24) is 15.5 Å². The summed E-state index contributed by atoms with van der Waals surface area (Å²) in [5.74, 6) is -1.35. The van der Waals surface area contributed by atoms with E-state index in [1.807, 2.05) is 0 Å². The Hall–Kier alpha value is -2.90. The zero-order valence-electron chi connectivity index (χ0n) is 12.5. The standard InChI is InChI=1S/C15H15FN4O3/c1-8-12(18-14(21)13-9(16)7-17-19-13)15(22)20(2)10-5-3-4-6-11(10)23-8/h3-8,12H,1-2H3,(H,17,19)(H,18,21)/t8-,12+/m1/s1. The molecule has 0 fully saturated rings. The maximum atomic E-state index is 13.4. The third-order valence-electron chi connectivity index (χ3n) is 3.71. The number of para-hydroxylation sites is 2. The van der Waals surface area contributed by atoms with Crippen molar-refractivity contribution in [2.75, 3.05) is 11.9 Å². The molecule has 7 nitrogen and oxygen atoms in total. The number of anilines is 1. The van der Waals surface area contributed by atoms with Crippen molar-refractivity contribution >= 4 is 17.5 Å². The number of ether oxygens (including phenoxy) is 1. The zero-order valence-corrected chi connectivity index (χ0v) is 12.5. The molecular formula is C15H15FN4O3. The van der Waals surface area contributed by atoms with Crippen LogP contribution in [0.15, 0.2) is 30.5 Å². The highest BCUT2D eigenvalue weighted by Gasteiger charge is 2.36. The Morgan fingerprint density at radius 2 is 2.17 bits per heavy atom. The molecule has 1 aromatic carbocycles. The fourth-order valence-electron chi connectivity index (χ4n) is 2.45. The summed E-state index contributed by atoms with van der Waals surface area (Å²) in [5.41, 5.74) is 0.281. The van der Waals surface area contributed by atoms with Gasteiger partial charge in [0.1, 0.15) is 17.9 Å². The summed E-state index contributed by atoms with van der Waals surface area (Å²) in [6.45, 7) is 1.67. The second-order valence-corrected chi connectivity index (χ2v) is 5.23. The summed E-state index contributed by atoms with van der Waals surface area (Å²) < 4.78 is 19.2. The summed E-state index contributed by atoms with van der Waals surface area (Å²) in [6.07, 6.45) is 0.273. The molecule has 2 heterocycles. The average Bonchev–Trinajstić information content (AvgIpc) is 2.94. The number of carbonyl (C=O) groups excluding carboxylic acids is 2. The van der Waals surface area contributed by atoms with E-state index >= 15 is 0 Å². The first-order valence-electron chi connectivity index (χ1n) is 7.02. The number of fused-ring (bicyclic) bond motifs is 1. The van der Waals surface area contributed by atoms with Gasteiger partial charge in [0.2, 0.25) is 0 Å². The van der Waals surface area contributed by atoms with Crippen molar-refractivity contribution in [1.29, 1.82) is 0 Å². The number of aromatic amines is 1. The molecule has 0 saturated carbocycles. The summed E-state index contributed by atoms with van der Waals surface area (Å²) in [7, 11) is 1.60. The van der Waals surface area contributed by atoms with Crippen LogP contribution in [-0.2, 0) is 4.79 Å². The van der Waals surface area contributed by atoms with Gasteiger partial charge < -0.3 is 15.0 Å². The second-order valence-electron chi connectivity index (χ2n) is 5.23. The van der Waals surface area contributed by atoms with E-state index in [1.165, 1.54) is 4.90 Å². The van der Waals surface area contributed by atoms with Gasteiger partial charge in [-0.25, -0.2) is 4.39 Å². The smallest absolute Gasteiger partial charge is 0.273 e. The number of amides is 2. The Morgan fingerprint density at radius 1 is 1.43 bits per heavy atom. The summed E-state index contributed by atoms with van der Waals surface area (Å²) in [5, 5.41) is 8.22. The van der Waals surface area contributed by atoms with Gasteiger partial charge in [0, 0.05) is 7.05 Å². The topological polar surface area (TPSA) is 87.3 Å². The predicted molar refractivity (Wildman–Crippen MR) is 79.7 cm³/mol. The van der Waals surface area contributed by atoms with E-state index in [-0.39, 0.29) is 11.6 Å². The molecule has 0 saturated heterocycles. The first-order valence-corrected chi connectivity index (χ1v) is 7.02. The lowest BCUT2D eigenvalue weighted by Gasteiger charge is -2.23. The number of aromatic nitrogens is 2. The van der Waals surface area contributed by atoms with Crippen molar-refractivity contribution in [3.63, 3.8) is 0 Å². The Labute approximate surface area is 131 Å². The number of nitrogens with one attached hydrogen (secondary N) is 2. The number of carbonyl (C=O) groups is 2. The van der Waals surface area contributed by atoms with Gasteiger partial charge in [0.25, 0.3) is 11.8 Å². The summed E-state index contributed by atoms with van der Waals surface area (Å²) in [6, 6.07) is 6.12. The molecule has 8 heteroatoms. The monoisotopic (exact) mass is 318 g/mol. The van der Waals surface area contributed by atoms with Crippen molar-refractivity contribution in [3.8, 4) is 5.75 Å². The molecule has 0 spiro atoms. The highest BCUT2D eigenvalue weighted by molar-refractivity contribution is 6.03. The van der Waals surface area contributed by atoms with Crippen LogP contribution in [0.2, 0.25) is 0 Å². The van der Waals surface area contributed by atoms with E-state index in [0.29, 0.717) is 11.4 Å². The third-order valence-corrected chi connectivity index (χ3v) is 3.71. The maximum Gasteiger partial charge on any atom is 0.273 e. The van der Waals surface area contributed by atoms with Gasteiger partial charge in [-0.3, -0.25) is 14.7 Å². The van der Waals surface area contributed by atoms with Crippen LogP contribution in [-0.4, -0.2) is 41.2 Å². The van der Waals surface area contributed by atoms with Gasteiger partial charge >= 0.3 is 0 Å². The maximum absolute atomic E-state index is 13.4. The molecule has 120 valence electrons. The van der Waals surface area contributed by atoms with Crippen LogP contribution in [0.3, 0.4) is 0 Å². The van der Waals surface area contributed by atoms with Crippen molar-refractivity contribution in [2.24, 2.45) is 0 Å². The molecule has 1 aromatic heterocycles. The second kappa shape index (κ2) is 5.71. The summed E-state index contributed by atoms with van der Waals surface area (Å²) in [4.78, 5) is 26.2. The normalized spacial score (nSPS) is 20.5. The SMILES string of the molecule is C[C@H]1Oc2ccccc2N(C)C(=O)[C@H]1NC(=O)c1[nH]ncc1F. The molecule has 0 aliphatic carbocycles. The van der Waals surface area contributed by atoms with Gasteiger partial charge in [-0.2, -0.15) is 5.10 Å². The number of rotatable bonds is 2. The number of halogens is 1. The molecule has 1 aliphatic rings. The first-order chi connectivity index (χ1) is 11.0. The highest BCUT2D eigenvalue weighted by Crippen LogP contribution is 2.31. The number of hydrogen-bond donors (Lipinski definition) is 2. The van der Waals surface area contributed by atoms with Gasteiger partial charge in [0.05, 0.1) is 11.9 Å². The van der Waals surface area contributed by atoms with Crippen LogP contribution in [0.25, 0.3) is 0 Å². The van der Waals surface area contributed by atoms with E-state index in [0.717, 1.165) is 6.20 Å². The van der Waals surface area contributed by atoms with Gasteiger partial charge in [-0.05, 0) is 19.1 Å². The van der Waals surface area contributed by atoms with E-state index in [1.54, 1.807) is 38.2 Å². The van der Waals surface area contributed by atoms with Crippen LogP contribution in [0.5, 0.6) is 5.75 Å². The van der Waals surface area contributed by atoms with E-state index < -0.39 is 23.9 Å². The molecule has 2 N–H and O–H groups in total. The minimum atomic E-state index is -0.956. The number of hydrogen-bond acceptors (Lipinski definition) is 4. The van der Waals surface area contributed by atoms with Crippen LogP contribution in [0.4, 0.5) is 10.1 Å². The van der Waals surface area contributed by atoms with Gasteiger partial charge in [0.15, 0.2) is 11.5 Å². The predicted octanol–water partition coefficient (Wildman–Crippen LogP) is 1.09. The Kier molecular flexibility index (Phi) is 3.73. The minimum Gasteiger partial charge on any atom is -0.486 e. The number of benzene rings is 1. The zero-order chi connectivity index (χ0) is 16.6. The fraction of sp³-hybridized carbons (Fsp3) is 0.267. The fourth-order valence-corrected chi connectivity index (χ4v) is 2.45. The Balaban J connectivity index is 1.87. The molecule has 2 atom stereocenters.